The summed E-state index contributed by atoms with van der Waals surface area (Å²) in [6, 6.07) is 7.60. The van der Waals surface area contributed by atoms with E-state index in [2.05, 4.69) is 15.5 Å². The van der Waals surface area contributed by atoms with E-state index in [4.69, 9.17) is 16.0 Å². The first-order chi connectivity index (χ1) is 13.5. The molecule has 0 aliphatic heterocycles. The van der Waals surface area contributed by atoms with Gasteiger partial charge in [0.05, 0.1) is 28.8 Å². The second-order valence-corrected chi connectivity index (χ2v) is 8.37. The Balaban J connectivity index is 1.49. The lowest BCUT2D eigenvalue weighted by Crippen LogP contribution is -2.23. The van der Waals surface area contributed by atoms with Crippen LogP contribution in [0.2, 0.25) is 5.02 Å². The average molecular weight is 421 g/mol. The molecule has 1 atom stereocenters. The van der Waals surface area contributed by atoms with Crippen molar-refractivity contribution in [2.75, 3.05) is 5.32 Å². The lowest BCUT2D eigenvalue weighted by molar-refractivity contribution is -0.115. The number of benzene rings is 1. The third kappa shape index (κ3) is 4.23. The van der Waals surface area contributed by atoms with Crippen LogP contribution in [0, 0.1) is 5.82 Å². The summed E-state index contributed by atoms with van der Waals surface area (Å²) >= 11 is 7.30. The molecule has 1 aliphatic carbocycles. The van der Waals surface area contributed by atoms with Gasteiger partial charge in [0.2, 0.25) is 5.91 Å². The van der Waals surface area contributed by atoms with Crippen molar-refractivity contribution in [2.45, 2.75) is 42.6 Å². The molecule has 0 radical (unpaired) electrons. The molecule has 2 aromatic heterocycles. The zero-order valence-electron chi connectivity index (χ0n) is 15.1. The first-order valence-corrected chi connectivity index (χ1v) is 10.1. The molecular weight excluding hydrogens is 403 g/mol. The molecule has 1 aromatic carbocycles. The number of carbonyl (C=O) groups is 1. The number of aromatic nitrogens is 3. The van der Waals surface area contributed by atoms with Crippen LogP contribution in [0.3, 0.4) is 0 Å². The second kappa shape index (κ2) is 7.97. The van der Waals surface area contributed by atoms with Gasteiger partial charge in [0.15, 0.2) is 5.16 Å². The minimum absolute atomic E-state index is 0.155. The van der Waals surface area contributed by atoms with Crippen LogP contribution >= 0.6 is 23.4 Å². The molecule has 1 amide bonds. The SMILES string of the molecule is CC(Sc1nnc(C2CC2)n1Cc1ccco1)C(=O)Nc1ccc(F)cc1Cl. The van der Waals surface area contributed by atoms with Crippen LogP contribution in [-0.2, 0) is 11.3 Å². The van der Waals surface area contributed by atoms with E-state index in [0.717, 1.165) is 30.5 Å². The van der Waals surface area contributed by atoms with Crippen LogP contribution in [0.25, 0.3) is 0 Å². The van der Waals surface area contributed by atoms with Gasteiger partial charge in [-0.3, -0.25) is 9.36 Å². The van der Waals surface area contributed by atoms with Crippen molar-refractivity contribution in [3.63, 3.8) is 0 Å². The van der Waals surface area contributed by atoms with Gasteiger partial charge in [-0.05, 0) is 50.1 Å². The van der Waals surface area contributed by atoms with E-state index in [0.29, 0.717) is 23.3 Å². The van der Waals surface area contributed by atoms with Gasteiger partial charge in [0.25, 0.3) is 0 Å². The Hall–Kier alpha value is -2.32. The second-order valence-electron chi connectivity index (χ2n) is 6.65. The summed E-state index contributed by atoms with van der Waals surface area (Å²) in [6.07, 6.45) is 3.83. The monoisotopic (exact) mass is 420 g/mol. The van der Waals surface area contributed by atoms with Crippen molar-refractivity contribution in [2.24, 2.45) is 0 Å². The van der Waals surface area contributed by atoms with Gasteiger partial charge in [-0.15, -0.1) is 10.2 Å². The summed E-state index contributed by atoms with van der Waals surface area (Å²) < 4.78 is 20.6. The number of nitrogens with one attached hydrogen (secondary N) is 1. The van der Waals surface area contributed by atoms with Crippen molar-refractivity contribution in [1.29, 1.82) is 0 Å². The van der Waals surface area contributed by atoms with Crippen molar-refractivity contribution < 1.29 is 13.6 Å². The summed E-state index contributed by atoms with van der Waals surface area (Å²) in [4.78, 5) is 12.6. The van der Waals surface area contributed by atoms with Crippen LogP contribution in [0.15, 0.2) is 46.2 Å². The van der Waals surface area contributed by atoms with E-state index < -0.39 is 11.1 Å². The van der Waals surface area contributed by atoms with Gasteiger partial charge in [-0.25, -0.2) is 4.39 Å². The summed E-state index contributed by atoms with van der Waals surface area (Å²) in [5, 5.41) is 11.7. The summed E-state index contributed by atoms with van der Waals surface area (Å²) in [5.74, 6) is 1.44. The van der Waals surface area contributed by atoms with Crippen molar-refractivity contribution in [1.82, 2.24) is 14.8 Å². The summed E-state index contributed by atoms with van der Waals surface area (Å²) in [7, 11) is 0. The minimum atomic E-state index is -0.455. The Morgan fingerprint density at radius 3 is 2.93 bits per heavy atom. The smallest absolute Gasteiger partial charge is 0.237 e. The lowest BCUT2D eigenvalue weighted by atomic mass is 10.3. The van der Waals surface area contributed by atoms with Crippen molar-refractivity contribution >= 4 is 35.0 Å². The van der Waals surface area contributed by atoms with Gasteiger partial charge in [-0.2, -0.15) is 0 Å². The maximum absolute atomic E-state index is 13.2. The van der Waals surface area contributed by atoms with Gasteiger partial charge in [0.1, 0.15) is 17.4 Å². The molecule has 1 aliphatic rings. The summed E-state index contributed by atoms with van der Waals surface area (Å²) in [5.41, 5.74) is 0.372. The molecule has 0 bridgehead atoms. The van der Waals surface area contributed by atoms with Crippen molar-refractivity contribution in [3.8, 4) is 0 Å². The number of carbonyl (C=O) groups excluding carboxylic acids is 1. The molecule has 0 saturated heterocycles. The number of hydrogen-bond acceptors (Lipinski definition) is 5. The third-order valence-corrected chi connectivity index (χ3v) is 5.82. The highest BCUT2D eigenvalue weighted by Gasteiger charge is 2.31. The Morgan fingerprint density at radius 1 is 1.43 bits per heavy atom. The average Bonchev–Trinajstić information content (AvgIpc) is 3.23. The molecule has 1 unspecified atom stereocenters. The van der Waals surface area contributed by atoms with E-state index in [-0.39, 0.29) is 10.9 Å². The molecule has 28 heavy (non-hydrogen) atoms. The Labute approximate surface area is 170 Å². The van der Waals surface area contributed by atoms with E-state index in [1.807, 2.05) is 16.7 Å². The van der Waals surface area contributed by atoms with Crippen LogP contribution in [0.5, 0.6) is 0 Å². The lowest BCUT2D eigenvalue weighted by Gasteiger charge is -2.14. The number of nitrogens with zero attached hydrogens (tertiary/aromatic N) is 3. The zero-order chi connectivity index (χ0) is 19.7. The molecule has 1 saturated carbocycles. The predicted octanol–water partition coefficient (Wildman–Crippen LogP) is 4.71. The highest BCUT2D eigenvalue weighted by molar-refractivity contribution is 8.00. The van der Waals surface area contributed by atoms with Crippen LogP contribution in [0.1, 0.15) is 37.3 Å². The first kappa shape index (κ1) is 19.0. The maximum atomic E-state index is 13.2. The number of thioether (sulfide) groups is 1. The van der Waals surface area contributed by atoms with E-state index in [1.54, 1.807) is 13.2 Å². The quantitative estimate of drug-likeness (QED) is 0.560. The molecule has 1 fully saturated rings. The first-order valence-electron chi connectivity index (χ1n) is 8.89. The number of hydrogen-bond donors (Lipinski definition) is 1. The van der Waals surface area contributed by atoms with Gasteiger partial charge in [-0.1, -0.05) is 23.4 Å². The normalized spacial score (nSPS) is 14.8. The molecule has 146 valence electrons. The Bertz CT molecular complexity index is 988. The highest BCUT2D eigenvalue weighted by Crippen LogP contribution is 2.40. The predicted molar refractivity (Wildman–Crippen MR) is 105 cm³/mol. The molecular formula is C19H18ClFN4O2S. The van der Waals surface area contributed by atoms with Crippen LogP contribution < -0.4 is 5.32 Å². The van der Waals surface area contributed by atoms with Gasteiger partial charge >= 0.3 is 0 Å². The summed E-state index contributed by atoms with van der Waals surface area (Å²) in [6.45, 7) is 2.30. The van der Waals surface area contributed by atoms with Gasteiger partial charge in [0, 0.05) is 5.92 Å². The fourth-order valence-electron chi connectivity index (χ4n) is 2.77. The molecule has 0 spiro atoms. The number of halogens is 2. The fraction of sp³-hybridized carbons (Fsp3) is 0.316. The Morgan fingerprint density at radius 2 is 2.25 bits per heavy atom. The molecule has 9 heteroatoms. The van der Waals surface area contributed by atoms with Gasteiger partial charge < -0.3 is 9.73 Å². The molecule has 2 heterocycles. The number of furan rings is 1. The number of amides is 1. The topological polar surface area (TPSA) is 73.0 Å². The van der Waals surface area contributed by atoms with Crippen molar-refractivity contribution in [3.05, 3.63) is 59.0 Å². The zero-order valence-corrected chi connectivity index (χ0v) is 16.6. The molecule has 1 N–H and O–H groups in total. The number of anilines is 1. The van der Waals surface area contributed by atoms with Crippen LogP contribution in [-0.4, -0.2) is 25.9 Å². The third-order valence-electron chi connectivity index (χ3n) is 4.42. The maximum Gasteiger partial charge on any atom is 0.237 e. The standard InChI is InChI=1S/C19H18ClFN4O2S/c1-11(18(26)22-16-7-6-13(21)9-15(16)20)28-19-24-23-17(12-4-5-12)25(19)10-14-3-2-8-27-14/h2-3,6-9,11-12H,4-5,10H2,1H3,(H,22,26). The largest absolute Gasteiger partial charge is 0.467 e. The Kier molecular flexibility index (Phi) is 5.41. The van der Waals surface area contributed by atoms with E-state index in [9.17, 15) is 9.18 Å². The molecule has 6 nitrogen and oxygen atoms in total. The molecule has 3 aromatic rings. The van der Waals surface area contributed by atoms with Crippen LogP contribution in [0.4, 0.5) is 10.1 Å². The van der Waals surface area contributed by atoms with E-state index in [1.165, 1.54) is 23.9 Å². The number of rotatable bonds is 7. The highest BCUT2D eigenvalue weighted by atomic mass is 35.5. The molecule has 4 rings (SSSR count). The fourth-order valence-corrected chi connectivity index (χ4v) is 3.84. The van der Waals surface area contributed by atoms with E-state index >= 15 is 0 Å². The minimum Gasteiger partial charge on any atom is -0.467 e.